The molecule has 25 heavy (non-hydrogen) atoms. The van der Waals surface area contributed by atoms with Gasteiger partial charge in [-0.2, -0.15) is 0 Å². The predicted octanol–water partition coefficient (Wildman–Crippen LogP) is -1.21. The highest BCUT2D eigenvalue weighted by Gasteiger charge is 2.44. The van der Waals surface area contributed by atoms with Gasteiger partial charge in [-0.25, -0.2) is 19.4 Å². The lowest BCUT2D eigenvalue weighted by Crippen LogP contribution is -2.33. The Bertz CT molecular complexity index is 1000. The molecule has 0 aromatic carbocycles. The fourth-order valence-corrected chi connectivity index (χ4v) is 3.07. The SMILES string of the molecule is O=c1cc(CCl)nc2c3ncn([C@H]4O[C@@H](CO)[C@@H](O)[C@H]4O)c3ncn12. The number of aliphatic hydroxyl groups is 3. The number of hydrogen-bond donors (Lipinski definition) is 3. The zero-order valence-electron chi connectivity index (χ0n) is 12.7. The molecule has 1 fully saturated rings. The summed E-state index contributed by atoms with van der Waals surface area (Å²) in [6, 6.07) is 1.32. The third kappa shape index (κ3) is 2.41. The van der Waals surface area contributed by atoms with Crippen molar-refractivity contribution in [1.29, 1.82) is 0 Å². The molecule has 1 saturated heterocycles. The minimum Gasteiger partial charge on any atom is -0.394 e. The molecule has 0 spiro atoms. The van der Waals surface area contributed by atoms with E-state index in [0.29, 0.717) is 16.9 Å². The molecule has 10 nitrogen and oxygen atoms in total. The van der Waals surface area contributed by atoms with Crippen molar-refractivity contribution in [2.75, 3.05) is 6.61 Å². The van der Waals surface area contributed by atoms with Crippen LogP contribution in [0.1, 0.15) is 11.9 Å². The molecule has 3 aromatic rings. The van der Waals surface area contributed by atoms with Crippen molar-refractivity contribution in [1.82, 2.24) is 23.9 Å². The van der Waals surface area contributed by atoms with E-state index in [2.05, 4.69) is 15.0 Å². The Morgan fingerprint density at radius 1 is 1.20 bits per heavy atom. The number of imidazole rings is 1. The molecule has 4 atom stereocenters. The van der Waals surface area contributed by atoms with Crippen LogP contribution in [0.4, 0.5) is 0 Å². The van der Waals surface area contributed by atoms with Gasteiger partial charge >= 0.3 is 0 Å². The molecule has 0 aliphatic carbocycles. The smallest absolute Gasteiger partial charge is 0.259 e. The van der Waals surface area contributed by atoms with E-state index in [1.807, 2.05) is 0 Å². The first-order valence-electron chi connectivity index (χ1n) is 7.47. The molecule has 0 unspecified atom stereocenters. The van der Waals surface area contributed by atoms with Gasteiger partial charge in [0.1, 0.15) is 24.6 Å². The summed E-state index contributed by atoms with van der Waals surface area (Å²) in [6.07, 6.45) is -1.73. The Hall–Kier alpha value is -2.11. The highest BCUT2D eigenvalue weighted by molar-refractivity contribution is 6.16. The second-order valence-electron chi connectivity index (χ2n) is 5.71. The number of rotatable bonds is 3. The summed E-state index contributed by atoms with van der Waals surface area (Å²) in [6.45, 7) is -0.437. The molecule has 1 aliphatic rings. The van der Waals surface area contributed by atoms with E-state index in [1.54, 1.807) is 0 Å². The van der Waals surface area contributed by atoms with E-state index in [1.165, 1.54) is 27.7 Å². The van der Waals surface area contributed by atoms with Crippen molar-refractivity contribution in [3.8, 4) is 0 Å². The van der Waals surface area contributed by atoms with Gasteiger partial charge in [0.15, 0.2) is 23.0 Å². The molecule has 3 N–H and O–H groups in total. The number of nitrogens with zero attached hydrogens (tertiary/aromatic N) is 5. The van der Waals surface area contributed by atoms with E-state index in [9.17, 15) is 20.1 Å². The molecule has 132 valence electrons. The van der Waals surface area contributed by atoms with Crippen LogP contribution in [0.2, 0.25) is 0 Å². The van der Waals surface area contributed by atoms with Crippen LogP contribution in [0.3, 0.4) is 0 Å². The summed E-state index contributed by atoms with van der Waals surface area (Å²) in [5, 5.41) is 29.3. The average Bonchev–Trinajstić information content (AvgIpc) is 3.16. The fraction of sp³-hybridized carbons (Fsp3) is 0.429. The van der Waals surface area contributed by atoms with Gasteiger partial charge < -0.3 is 20.1 Å². The van der Waals surface area contributed by atoms with E-state index in [4.69, 9.17) is 16.3 Å². The second kappa shape index (κ2) is 6.00. The van der Waals surface area contributed by atoms with Crippen LogP contribution in [0.15, 0.2) is 23.5 Å². The maximum absolute atomic E-state index is 12.1. The monoisotopic (exact) mass is 367 g/mol. The van der Waals surface area contributed by atoms with Crippen molar-refractivity contribution in [2.45, 2.75) is 30.4 Å². The van der Waals surface area contributed by atoms with Crippen molar-refractivity contribution in [2.24, 2.45) is 0 Å². The molecule has 0 saturated carbocycles. The topological polar surface area (TPSA) is 135 Å². The zero-order valence-corrected chi connectivity index (χ0v) is 13.5. The summed E-state index contributed by atoms with van der Waals surface area (Å²) < 4.78 is 8.16. The number of aliphatic hydroxyl groups excluding tert-OH is 3. The number of fused-ring (bicyclic) bond motifs is 3. The van der Waals surface area contributed by atoms with Gasteiger partial charge in [-0.05, 0) is 0 Å². The van der Waals surface area contributed by atoms with Gasteiger partial charge in [0.2, 0.25) is 0 Å². The Labute approximate surface area is 144 Å². The van der Waals surface area contributed by atoms with Crippen LogP contribution in [-0.2, 0) is 10.6 Å². The third-order valence-corrected chi connectivity index (χ3v) is 4.48. The first kappa shape index (κ1) is 16.4. The van der Waals surface area contributed by atoms with Crippen LogP contribution >= 0.6 is 11.6 Å². The van der Waals surface area contributed by atoms with Gasteiger partial charge in [-0.3, -0.25) is 9.36 Å². The van der Waals surface area contributed by atoms with Crippen molar-refractivity contribution < 1.29 is 20.1 Å². The largest absolute Gasteiger partial charge is 0.394 e. The number of hydrogen-bond acceptors (Lipinski definition) is 8. The van der Waals surface area contributed by atoms with Crippen LogP contribution in [0.25, 0.3) is 16.8 Å². The summed E-state index contributed by atoms with van der Waals surface area (Å²) in [7, 11) is 0. The number of ether oxygens (including phenoxy) is 1. The lowest BCUT2D eigenvalue weighted by atomic mass is 10.1. The molecule has 0 bridgehead atoms. The van der Waals surface area contributed by atoms with Gasteiger partial charge in [0, 0.05) is 6.07 Å². The third-order valence-electron chi connectivity index (χ3n) is 4.21. The highest BCUT2D eigenvalue weighted by Crippen LogP contribution is 2.31. The molecule has 0 radical (unpaired) electrons. The van der Waals surface area contributed by atoms with Crippen LogP contribution in [-0.4, -0.2) is 64.2 Å². The number of alkyl halides is 1. The predicted molar refractivity (Wildman–Crippen MR) is 85.1 cm³/mol. The van der Waals surface area contributed by atoms with Crippen molar-refractivity contribution >= 4 is 28.4 Å². The van der Waals surface area contributed by atoms with Gasteiger partial charge in [0.25, 0.3) is 5.56 Å². The molecular weight excluding hydrogens is 354 g/mol. The molecule has 4 heterocycles. The number of halogens is 1. The molecule has 0 amide bonds. The molecular formula is C14H14ClN5O5. The van der Waals surface area contributed by atoms with E-state index >= 15 is 0 Å². The second-order valence-corrected chi connectivity index (χ2v) is 5.98. The summed E-state index contributed by atoms with van der Waals surface area (Å²) in [5.74, 6) is 0.0745. The standard InChI is InChI=1S/C14H14ClN5O5/c15-2-6-1-8(22)19-5-17-12-9(13(19)18-6)16-4-20(12)14-11(24)10(23)7(3-21)25-14/h1,4-5,7,10-11,14,21,23-24H,2-3H2/t7-,10+,11+,14-/m0/s1. The first-order chi connectivity index (χ1) is 12.0. The maximum Gasteiger partial charge on any atom is 0.259 e. The van der Waals surface area contributed by atoms with Crippen LogP contribution in [0.5, 0.6) is 0 Å². The average molecular weight is 368 g/mol. The molecule has 1 aliphatic heterocycles. The molecule has 4 rings (SSSR count). The minimum atomic E-state index is -1.27. The molecule has 11 heteroatoms. The lowest BCUT2D eigenvalue weighted by Gasteiger charge is -2.16. The Morgan fingerprint density at radius 3 is 2.68 bits per heavy atom. The fourth-order valence-electron chi connectivity index (χ4n) is 2.93. The Morgan fingerprint density at radius 2 is 2.00 bits per heavy atom. The Balaban J connectivity index is 1.89. The quantitative estimate of drug-likeness (QED) is 0.491. The molecule has 3 aromatic heterocycles. The summed E-state index contributed by atoms with van der Waals surface area (Å²) in [5.41, 5.74) is 0.982. The van der Waals surface area contributed by atoms with Crippen LogP contribution in [0, 0.1) is 0 Å². The summed E-state index contributed by atoms with van der Waals surface area (Å²) >= 11 is 5.77. The normalized spacial score (nSPS) is 26.7. The number of aromatic nitrogens is 5. The van der Waals surface area contributed by atoms with E-state index in [-0.39, 0.29) is 17.1 Å². The highest BCUT2D eigenvalue weighted by atomic mass is 35.5. The first-order valence-corrected chi connectivity index (χ1v) is 8.01. The lowest BCUT2D eigenvalue weighted by molar-refractivity contribution is -0.0511. The van der Waals surface area contributed by atoms with Gasteiger partial charge in [-0.15, -0.1) is 11.6 Å². The van der Waals surface area contributed by atoms with Crippen molar-refractivity contribution in [3.63, 3.8) is 0 Å². The summed E-state index contributed by atoms with van der Waals surface area (Å²) in [4.78, 5) is 24.8. The van der Waals surface area contributed by atoms with E-state index in [0.717, 1.165) is 0 Å². The zero-order chi connectivity index (χ0) is 17.7. The van der Waals surface area contributed by atoms with Gasteiger partial charge in [0.05, 0.1) is 24.5 Å². The minimum absolute atomic E-state index is 0.0745. The van der Waals surface area contributed by atoms with E-state index < -0.39 is 31.1 Å². The Kier molecular flexibility index (Phi) is 3.93. The maximum atomic E-state index is 12.1. The van der Waals surface area contributed by atoms with Crippen LogP contribution < -0.4 is 5.56 Å². The van der Waals surface area contributed by atoms with Crippen molar-refractivity contribution in [3.05, 3.63) is 34.8 Å². The van der Waals surface area contributed by atoms with Gasteiger partial charge in [-0.1, -0.05) is 0 Å².